The normalized spacial score (nSPS) is 41.4. The number of ether oxygens (including phenoxy) is 1. The van der Waals surface area contributed by atoms with Gasteiger partial charge in [0.25, 0.3) is 0 Å². The van der Waals surface area contributed by atoms with E-state index in [2.05, 4.69) is 20.8 Å². The summed E-state index contributed by atoms with van der Waals surface area (Å²) in [4.78, 5) is 37.6. The van der Waals surface area contributed by atoms with Crippen LogP contribution in [0.5, 0.6) is 0 Å². The van der Waals surface area contributed by atoms with Gasteiger partial charge >= 0.3 is 5.97 Å². The molecule has 0 aliphatic heterocycles. The van der Waals surface area contributed by atoms with Gasteiger partial charge in [-0.3, -0.25) is 14.4 Å². The van der Waals surface area contributed by atoms with E-state index in [1.54, 1.807) is 0 Å². The number of esters is 1. The Kier molecular flexibility index (Phi) is 5.74. The zero-order valence-electron chi connectivity index (χ0n) is 19.2. The average Bonchev–Trinajstić information content (AvgIpc) is 3.07. The van der Waals surface area contributed by atoms with E-state index >= 15 is 0 Å². The van der Waals surface area contributed by atoms with E-state index in [1.807, 2.05) is 13.0 Å². The van der Waals surface area contributed by atoms with E-state index in [0.717, 1.165) is 38.5 Å². The van der Waals surface area contributed by atoms with E-state index in [-0.39, 0.29) is 22.6 Å². The molecule has 0 aromatic rings. The zero-order valence-corrected chi connectivity index (χ0v) is 19.2. The Balaban J connectivity index is 1.54. The standard InChI is InChI=1S/C26H38O4/c1-5-30-24(29)11-6-16(2)20-9-10-21-19-8-7-17-14-18(27)12-13-25(17,3)22(19)15-23(28)26(20,21)4/h14,16,19-22H,5-13,15H2,1-4H3/t16-,19+,20-,21+,22+,25+,26-/m1/s1. The summed E-state index contributed by atoms with van der Waals surface area (Å²) >= 11 is 0. The third-order valence-corrected chi connectivity index (χ3v) is 9.69. The SMILES string of the molecule is CCOC(=O)CC[C@@H](C)[C@H]1CC[C@H]2[C@@H]3CCC4=CC(=O)CC[C@]4(C)[C@H]3CC(=O)[C@]12C. The van der Waals surface area contributed by atoms with E-state index in [0.29, 0.717) is 61.2 Å². The fraction of sp³-hybridized carbons (Fsp3) is 0.808. The molecule has 0 saturated heterocycles. The molecule has 4 aliphatic carbocycles. The highest BCUT2D eigenvalue weighted by molar-refractivity contribution is 5.92. The second-order valence-corrected chi connectivity index (χ2v) is 10.9. The van der Waals surface area contributed by atoms with Crippen LogP contribution in [0, 0.1) is 40.4 Å². The van der Waals surface area contributed by atoms with Crippen molar-refractivity contribution in [3.8, 4) is 0 Å². The molecule has 0 heterocycles. The molecule has 30 heavy (non-hydrogen) atoms. The van der Waals surface area contributed by atoms with Crippen molar-refractivity contribution in [2.45, 2.75) is 85.5 Å². The number of hydrogen-bond acceptors (Lipinski definition) is 4. The molecule has 0 radical (unpaired) electrons. The molecule has 4 nitrogen and oxygen atoms in total. The number of carbonyl (C=O) groups is 3. The Bertz CT molecular complexity index is 767. The molecule has 0 bridgehead atoms. The van der Waals surface area contributed by atoms with Gasteiger partial charge in [-0.15, -0.1) is 0 Å². The highest BCUT2D eigenvalue weighted by Gasteiger charge is 2.63. The third-order valence-electron chi connectivity index (χ3n) is 9.69. The third kappa shape index (κ3) is 3.29. The van der Waals surface area contributed by atoms with Crippen molar-refractivity contribution < 1.29 is 19.1 Å². The van der Waals surface area contributed by atoms with Crippen LogP contribution in [0.2, 0.25) is 0 Å². The molecular formula is C26H38O4. The van der Waals surface area contributed by atoms with Crippen molar-refractivity contribution in [3.05, 3.63) is 11.6 Å². The van der Waals surface area contributed by atoms with Gasteiger partial charge in [-0.25, -0.2) is 0 Å². The second-order valence-electron chi connectivity index (χ2n) is 10.9. The second kappa shape index (κ2) is 7.91. The maximum Gasteiger partial charge on any atom is 0.305 e. The van der Waals surface area contributed by atoms with Gasteiger partial charge in [-0.1, -0.05) is 26.3 Å². The van der Waals surface area contributed by atoms with Crippen LogP contribution in [0.4, 0.5) is 0 Å². The largest absolute Gasteiger partial charge is 0.466 e. The number of fused-ring (bicyclic) bond motifs is 5. The van der Waals surface area contributed by atoms with E-state index in [1.165, 1.54) is 5.57 Å². The molecule has 0 aromatic carbocycles. The first kappa shape index (κ1) is 21.8. The fourth-order valence-corrected chi connectivity index (χ4v) is 7.99. The van der Waals surface area contributed by atoms with Crippen LogP contribution < -0.4 is 0 Å². The van der Waals surface area contributed by atoms with Gasteiger partial charge in [-0.05, 0) is 86.5 Å². The summed E-state index contributed by atoms with van der Waals surface area (Å²) in [7, 11) is 0. The van der Waals surface area contributed by atoms with E-state index < -0.39 is 0 Å². The lowest BCUT2D eigenvalue weighted by molar-refractivity contribution is -0.149. The Morgan fingerprint density at radius 2 is 1.93 bits per heavy atom. The number of hydrogen-bond donors (Lipinski definition) is 0. The summed E-state index contributed by atoms with van der Waals surface area (Å²) in [6.07, 6.45) is 9.75. The lowest BCUT2D eigenvalue weighted by Crippen LogP contribution is -2.55. The van der Waals surface area contributed by atoms with Crippen LogP contribution in [-0.4, -0.2) is 24.1 Å². The molecule has 0 amide bonds. The van der Waals surface area contributed by atoms with E-state index in [4.69, 9.17) is 4.74 Å². The van der Waals surface area contributed by atoms with Gasteiger partial charge in [0.2, 0.25) is 0 Å². The predicted octanol–water partition coefficient (Wildman–Crippen LogP) is 5.29. The van der Waals surface area contributed by atoms with Gasteiger partial charge in [0.1, 0.15) is 5.78 Å². The minimum Gasteiger partial charge on any atom is -0.466 e. The molecule has 3 saturated carbocycles. The van der Waals surface area contributed by atoms with Crippen molar-refractivity contribution in [1.29, 1.82) is 0 Å². The first-order valence-electron chi connectivity index (χ1n) is 12.1. The van der Waals surface area contributed by atoms with Crippen LogP contribution in [-0.2, 0) is 19.1 Å². The van der Waals surface area contributed by atoms with Crippen LogP contribution >= 0.6 is 0 Å². The predicted molar refractivity (Wildman–Crippen MR) is 116 cm³/mol. The van der Waals surface area contributed by atoms with Gasteiger partial charge in [0.15, 0.2) is 5.78 Å². The van der Waals surface area contributed by atoms with Crippen LogP contribution in [0.15, 0.2) is 11.6 Å². The quantitative estimate of drug-likeness (QED) is 0.573. The Morgan fingerprint density at radius 3 is 2.67 bits per heavy atom. The van der Waals surface area contributed by atoms with E-state index in [9.17, 15) is 14.4 Å². The molecule has 4 heteroatoms. The molecule has 4 rings (SSSR count). The van der Waals surface area contributed by atoms with Crippen molar-refractivity contribution in [2.75, 3.05) is 6.61 Å². The minimum absolute atomic E-state index is 0.0292. The molecule has 3 fully saturated rings. The maximum absolute atomic E-state index is 13.7. The lowest BCUT2D eigenvalue weighted by Gasteiger charge is -2.57. The Morgan fingerprint density at radius 1 is 1.17 bits per heavy atom. The Hall–Kier alpha value is -1.45. The number of allylic oxidation sites excluding steroid dienone is 1. The van der Waals surface area contributed by atoms with Gasteiger partial charge in [0, 0.05) is 24.7 Å². The van der Waals surface area contributed by atoms with Crippen LogP contribution in [0.25, 0.3) is 0 Å². The van der Waals surface area contributed by atoms with Crippen molar-refractivity contribution in [2.24, 2.45) is 40.4 Å². The first-order valence-corrected chi connectivity index (χ1v) is 12.1. The molecular weight excluding hydrogens is 376 g/mol. The summed E-state index contributed by atoms with van der Waals surface area (Å²) in [5.74, 6) is 2.74. The first-order chi connectivity index (χ1) is 14.2. The highest BCUT2D eigenvalue weighted by Crippen LogP contribution is 2.66. The lowest BCUT2D eigenvalue weighted by atomic mass is 9.46. The van der Waals surface area contributed by atoms with Crippen LogP contribution in [0.3, 0.4) is 0 Å². The van der Waals surface area contributed by atoms with Gasteiger partial charge in [-0.2, -0.15) is 0 Å². The van der Waals surface area contributed by atoms with Gasteiger partial charge in [0.05, 0.1) is 6.61 Å². The van der Waals surface area contributed by atoms with Crippen LogP contribution in [0.1, 0.15) is 85.5 Å². The number of rotatable bonds is 5. The molecule has 7 atom stereocenters. The topological polar surface area (TPSA) is 60.4 Å². The van der Waals surface area contributed by atoms with Crippen molar-refractivity contribution in [3.63, 3.8) is 0 Å². The monoisotopic (exact) mass is 414 g/mol. The summed E-state index contributed by atoms with van der Waals surface area (Å²) in [5.41, 5.74) is 1.09. The van der Waals surface area contributed by atoms with Crippen molar-refractivity contribution >= 4 is 17.5 Å². The molecule has 0 N–H and O–H groups in total. The highest BCUT2D eigenvalue weighted by atomic mass is 16.5. The van der Waals surface area contributed by atoms with Gasteiger partial charge < -0.3 is 4.74 Å². The maximum atomic E-state index is 13.7. The smallest absolute Gasteiger partial charge is 0.305 e. The van der Waals surface area contributed by atoms with Crippen molar-refractivity contribution in [1.82, 2.24) is 0 Å². The zero-order chi connectivity index (χ0) is 21.7. The minimum atomic E-state index is -0.253. The fourth-order valence-electron chi connectivity index (χ4n) is 7.99. The number of ketones is 2. The summed E-state index contributed by atoms with van der Waals surface area (Å²) in [6, 6.07) is 0. The Labute approximate surface area is 181 Å². The molecule has 0 unspecified atom stereocenters. The number of carbonyl (C=O) groups excluding carboxylic acids is 3. The summed E-state index contributed by atoms with van der Waals surface area (Å²) in [6.45, 7) is 9.07. The summed E-state index contributed by atoms with van der Waals surface area (Å²) in [5, 5.41) is 0. The average molecular weight is 415 g/mol. The number of Topliss-reactive ketones (excluding diaryl/α,β-unsaturated/α-hetero) is 1. The molecule has 166 valence electrons. The molecule has 0 aromatic heterocycles. The summed E-state index contributed by atoms with van der Waals surface area (Å²) < 4.78 is 5.11. The molecule has 0 spiro atoms. The molecule has 4 aliphatic rings.